The fourth-order valence-corrected chi connectivity index (χ4v) is 4.98. The van der Waals surface area contributed by atoms with E-state index in [1.165, 1.54) is 54.6 Å². The van der Waals surface area contributed by atoms with Crippen LogP contribution >= 0.6 is 11.3 Å². The first-order valence-electron chi connectivity index (χ1n) is 8.85. The van der Waals surface area contributed by atoms with E-state index in [4.69, 9.17) is 9.97 Å². The zero-order chi connectivity index (χ0) is 15.1. The molecule has 1 aliphatic carbocycles. The van der Waals surface area contributed by atoms with Crippen molar-refractivity contribution in [3.63, 3.8) is 0 Å². The second-order valence-corrected chi connectivity index (χ2v) is 7.88. The SMILES string of the molecule is CC[C@@H](C)c1nc(N2CCCC2)c2c3c(sc2n1)CCCC3. The third-order valence-corrected chi connectivity index (χ3v) is 6.46. The van der Waals surface area contributed by atoms with E-state index < -0.39 is 0 Å². The van der Waals surface area contributed by atoms with Crippen molar-refractivity contribution in [2.24, 2.45) is 0 Å². The van der Waals surface area contributed by atoms with Gasteiger partial charge in [-0.05, 0) is 50.5 Å². The van der Waals surface area contributed by atoms with Crippen LogP contribution in [0, 0.1) is 0 Å². The first-order chi connectivity index (χ1) is 10.8. The van der Waals surface area contributed by atoms with Crippen LogP contribution in [0.5, 0.6) is 0 Å². The van der Waals surface area contributed by atoms with Gasteiger partial charge in [-0.15, -0.1) is 11.3 Å². The van der Waals surface area contributed by atoms with Crippen molar-refractivity contribution >= 4 is 27.4 Å². The number of anilines is 1. The molecule has 0 amide bonds. The van der Waals surface area contributed by atoms with Crippen molar-refractivity contribution in [1.82, 2.24) is 9.97 Å². The van der Waals surface area contributed by atoms with Crippen molar-refractivity contribution in [3.05, 3.63) is 16.3 Å². The van der Waals surface area contributed by atoms with Crippen LogP contribution in [0.1, 0.15) is 68.1 Å². The number of aryl methyl sites for hydroxylation is 2. The molecular formula is C18H25N3S. The summed E-state index contributed by atoms with van der Waals surface area (Å²) in [7, 11) is 0. The summed E-state index contributed by atoms with van der Waals surface area (Å²) in [6, 6.07) is 0. The van der Waals surface area contributed by atoms with Gasteiger partial charge in [-0.1, -0.05) is 13.8 Å². The van der Waals surface area contributed by atoms with E-state index in [9.17, 15) is 0 Å². The molecule has 118 valence electrons. The fraction of sp³-hybridized carbons (Fsp3) is 0.667. The molecule has 2 aliphatic rings. The summed E-state index contributed by atoms with van der Waals surface area (Å²) in [5.74, 6) is 2.75. The maximum Gasteiger partial charge on any atom is 0.141 e. The van der Waals surface area contributed by atoms with Gasteiger partial charge in [0.25, 0.3) is 0 Å². The van der Waals surface area contributed by atoms with Gasteiger partial charge in [-0.2, -0.15) is 0 Å². The van der Waals surface area contributed by atoms with Crippen LogP contribution in [0.4, 0.5) is 5.82 Å². The number of nitrogens with zero attached hydrogens (tertiary/aromatic N) is 3. The lowest BCUT2D eigenvalue weighted by Crippen LogP contribution is -2.21. The Bertz CT molecular complexity index is 685. The molecule has 1 saturated heterocycles. The van der Waals surface area contributed by atoms with Crippen LogP contribution in [-0.2, 0) is 12.8 Å². The minimum absolute atomic E-state index is 0.449. The Morgan fingerprint density at radius 1 is 1.09 bits per heavy atom. The van der Waals surface area contributed by atoms with Crippen molar-refractivity contribution in [3.8, 4) is 0 Å². The third kappa shape index (κ3) is 2.32. The molecule has 2 aromatic heterocycles. The molecule has 22 heavy (non-hydrogen) atoms. The summed E-state index contributed by atoms with van der Waals surface area (Å²) in [5, 5.41) is 1.40. The Morgan fingerprint density at radius 2 is 1.86 bits per heavy atom. The topological polar surface area (TPSA) is 29.0 Å². The molecular weight excluding hydrogens is 290 g/mol. The first-order valence-corrected chi connectivity index (χ1v) is 9.66. The van der Waals surface area contributed by atoms with Crippen LogP contribution in [0.2, 0.25) is 0 Å². The van der Waals surface area contributed by atoms with E-state index in [1.807, 2.05) is 11.3 Å². The molecule has 4 heteroatoms. The molecule has 0 spiro atoms. The third-order valence-electron chi connectivity index (χ3n) is 5.27. The second-order valence-electron chi connectivity index (χ2n) is 6.80. The van der Waals surface area contributed by atoms with Gasteiger partial charge in [0.05, 0.1) is 5.39 Å². The van der Waals surface area contributed by atoms with Gasteiger partial charge in [-0.3, -0.25) is 0 Å². The molecule has 0 saturated carbocycles. The van der Waals surface area contributed by atoms with E-state index in [0.717, 1.165) is 25.3 Å². The number of rotatable bonds is 3. The molecule has 3 heterocycles. The maximum atomic E-state index is 5.06. The normalized spacial score (nSPS) is 19.6. The summed E-state index contributed by atoms with van der Waals surface area (Å²) in [6.45, 7) is 6.81. The van der Waals surface area contributed by atoms with Gasteiger partial charge in [0.15, 0.2) is 0 Å². The van der Waals surface area contributed by atoms with E-state index >= 15 is 0 Å². The zero-order valence-electron chi connectivity index (χ0n) is 13.7. The van der Waals surface area contributed by atoms with E-state index in [0.29, 0.717) is 5.92 Å². The monoisotopic (exact) mass is 315 g/mol. The molecule has 3 nitrogen and oxygen atoms in total. The Morgan fingerprint density at radius 3 is 2.64 bits per heavy atom. The fourth-order valence-electron chi connectivity index (χ4n) is 3.71. The molecule has 4 rings (SSSR count). The van der Waals surface area contributed by atoms with Gasteiger partial charge in [0, 0.05) is 23.9 Å². The van der Waals surface area contributed by atoms with Crippen LogP contribution in [0.15, 0.2) is 0 Å². The average Bonchev–Trinajstić information content (AvgIpc) is 3.20. The highest BCUT2D eigenvalue weighted by Crippen LogP contribution is 2.41. The lowest BCUT2D eigenvalue weighted by Gasteiger charge is -2.21. The summed E-state index contributed by atoms with van der Waals surface area (Å²) in [4.78, 5) is 15.4. The molecule has 1 aliphatic heterocycles. The zero-order valence-corrected chi connectivity index (χ0v) is 14.5. The molecule has 1 atom stereocenters. The molecule has 1 fully saturated rings. The van der Waals surface area contributed by atoms with Gasteiger partial charge < -0.3 is 4.90 Å². The number of hydrogen-bond donors (Lipinski definition) is 0. The maximum absolute atomic E-state index is 5.06. The summed E-state index contributed by atoms with van der Waals surface area (Å²) in [5.41, 5.74) is 1.57. The van der Waals surface area contributed by atoms with Crippen molar-refractivity contribution in [1.29, 1.82) is 0 Å². The van der Waals surface area contributed by atoms with Crippen LogP contribution in [-0.4, -0.2) is 23.1 Å². The second kappa shape index (κ2) is 5.80. The summed E-state index contributed by atoms with van der Waals surface area (Å²) >= 11 is 1.94. The molecule has 0 N–H and O–H groups in total. The summed E-state index contributed by atoms with van der Waals surface area (Å²) in [6.07, 6.45) is 8.84. The molecule has 0 radical (unpaired) electrons. The van der Waals surface area contributed by atoms with Crippen molar-refractivity contribution < 1.29 is 0 Å². The average molecular weight is 315 g/mol. The predicted octanol–water partition coefficient (Wildman–Crippen LogP) is 4.68. The number of thiophene rings is 1. The minimum Gasteiger partial charge on any atom is -0.356 e. The van der Waals surface area contributed by atoms with Crippen molar-refractivity contribution in [2.45, 2.75) is 64.7 Å². The van der Waals surface area contributed by atoms with Gasteiger partial charge >= 0.3 is 0 Å². The summed E-state index contributed by atoms with van der Waals surface area (Å²) < 4.78 is 0. The van der Waals surface area contributed by atoms with Gasteiger partial charge in [0.1, 0.15) is 16.5 Å². The van der Waals surface area contributed by atoms with E-state index in [1.54, 1.807) is 10.4 Å². The first kappa shape index (κ1) is 14.4. The minimum atomic E-state index is 0.449. The van der Waals surface area contributed by atoms with Crippen LogP contribution in [0.3, 0.4) is 0 Å². The molecule has 0 unspecified atom stereocenters. The van der Waals surface area contributed by atoms with E-state index in [2.05, 4.69) is 18.7 Å². The number of aromatic nitrogens is 2. The Labute approximate surface area is 136 Å². The smallest absolute Gasteiger partial charge is 0.141 e. The van der Waals surface area contributed by atoms with Crippen molar-refractivity contribution in [2.75, 3.05) is 18.0 Å². The number of hydrogen-bond acceptors (Lipinski definition) is 4. The molecule has 0 aromatic carbocycles. The standard InChI is InChI=1S/C18H25N3S/c1-3-12(2)16-19-17(21-10-6-7-11-21)15-13-8-4-5-9-14(13)22-18(15)20-16/h12H,3-11H2,1-2H3/t12-/m1/s1. The predicted molar refractivity (Wildman–Crippen MR) is 94.2 cm³/mol. The van der Waals surface area contributed by atoms with E-state index in [-0.39, 0.29) is 0 Å². The Kier molecular flexibility index (Phi) is 3.81. The Hall–Kier alpha value is -1.16. The quantitative estimate of drug-likeness (QED) is 0.823. The largest absolute Gasteiger partial charge is 0.356 e. The lowest BCUT2D eigenvalue weighted by molar-refractivity contribution is 0.680. The Balaban J connectivity index is 1.92. The van der Waals surface area contributed by atoms with Crippen LogP contribution < -0.4 is 4.90 Å². The molecule has 2 aromatic rings. The van der Waals surface area contributed by atoms with Gasteiger partial charge in [-0.25, -0.2) is 9.97 Å². The highest BCUT2D eigenvalue weighted by molar-refractivity contribution is 7.19. The highest BCUT2D eigenvalue weighted by Gasteiger charge is 2.25. The van der Waals surface area contributed by atoms with Crippen LogP contribution in [0.25, 0.3) is 10.2 Å². The highest BCUT2D eigenvalue weighted by atomic mass is 32.1. The van der Waals surface area contributed by atoms with Gasteiger partial charge in [0.2, 0.25) is 0 Å². The molecule has 0 bridgehead atoms. The lowest BCUT2D eigenvalue weighted by atomic mass is 9.96. The number of fused-ring (bicyclic) bond motifs is 3.